The topological polar surface area (TPSA) is 42.4 Å². The number of hydrogen-bond donors (Lipinski definition) is 0. The van der Waals surface area contributed by atoms with Crippen LogP contribution >= 0.6 is 23.2 Å². The molecule has 25 heavy (non-hydrogen) atoms. The van der Waals surface area contributed by atoms with Crippen LogP contribution in [0.5, 0.6) is 5.75 Å². The van der Waals surface area contributed by atoms with Crippen LogP contribution in [0.3, 0.4) is 0 Å². The number of halogens is 2. The lowest BCUT2D eigenvalue weighted by Gasteiger charge is -2.39. The summed E-state index contributed by atoms with van der Waals surface area (Å²) in [6.45, 7) is 0. The van der Waals surface area contributed by atoms with E-state index in [4.69, 9.17) is 27.9 Å². The average molecular weight is 377 g/mol. The second kappa shape index (κ2) is 6.85. The lowest BCUT2D eigenvalue weighted by Crippen LogP contribution is -2.49. The lowest BCUT2D eigenvalue weighted by atomic mass is 9.98. The second-order valence-electron chi connectivity index (χ2n) is 6.63. The molecule has 2 fully saturated rings. The molecule has 0 saturated carbocycles. The number of rotatable bonds is 3. The summed E-state index contributed by atoms with van der Waals surface area (Å²) in [5.41, 5.74) is 0.595. The Morgan fingerprint density at radius 2 is 1.88 bits per heavy atom. The molecule has 0 spiro atoms. The van der Waals surface area contributed by atoms with Gasteiger partial charge < -0.3 is 9.64 Å². The lowest BCUT2D eigenvalue weighted by molar-refractivity contribution is 0.0358. The summed E-state index contributed by atoms with van der Waals surface area (Å²) in [5.74, 6) is 0.821. The van der Waals surface area contributed by atoms with Crippen molar-refractivity contribution in [1.29, 1.82) is 0 Å². The third-order valence-electron chi connectivity index (χ3n) is 5.03. The van der Waals surface area contributed by atoms with Crippen LogP contribution in [0.1, 0.15) is 36.0 Å². The Balaban J connectivity index is 1.48. The van der Waals surface area contributed by atoms with E-state index in [0.717, 1.165) is 31.4 Å². The molecule has 1 amide bonds. The van der Waals surface area contributed by atoms with Crippen molar-refractivity contribution >= 4 is 29.1 Å². The summed E-state index contributed by atoms with van der Waals surface area (Å²) in [6.07, 6.45) is 7.32. The molecule has 0 N–H and O–H groups in total. The number of pyridine rings is 1. The standard InChI is InChI=1S/C19H18Cl2N2O2/c20-17-6-3-12(8-18(17)21)19(24)23-13-4-5-14(23)10-16(9-13)25-15-2-1-7-22-11-15/h1-3,6-8,11,13-14,16H,4-5,9-10H2. The van der Waals surface area contributed by atoms with Gasteiger partial charge in [0.25, 0.3) is 5.91 Å². The van der Waals surface area contributed by atoms with E-state index in [9.17, 15) is 4.79 Å². The van der Waals surface area contributed by atoms with E-state index >= 15 is 0 Å². The summed E-state index contributed by atoms with van der Waals surface area (Å²) in [5, 5.41) is 0.874. The van der Waals surface area contributed by atoms with Crippen LogP contribution in [-0.4, -0.2) is 34.0 Å². The summed E-state index contributed by atoms with van der Waals surface area (Å²) in [7, 11) is 0. The van der Waals surface area contributed by atoms with Gasteiger partial charge in [0.05, 0.1) is 16.2 Å². The van der Waals surface area contributed by atoms with Crippen molar-refractivity contribution in [3.05, 3.63) is 58.3 Å². The van der Waals surface area contributed by atoms with Crippen molar-refractivity contribution in [2.45, 2.75) is 43.9 Å². The molecule has 0 radical (unpaired) electrons. The monoisotopic (exact) mass is 376 g/mol. The zero-order chi connectivity index (χ0) is 17.4. The van der Waals surface area contributed by atoms with E-state index in [-0.39, 0.29) is 24.1 Å². The predicted molar refractivity (Wildman–Crippen MR) is 97.3 cm³/mol. The Morgan fingerprint density at radius 1 is 1.12 bits per heavy atom. The maximum absolute atomic E-state index is 13.0. The van der Waals surface area contributed by atoms with Gasteiger partial charge in [0.15, 0.2) is 0 Å². The third kappa shape index (κ3) is 3.33. The number of fused-ring (bicyclic) bond motifs is 2. The molecule has 2 saturated heterocycles. The van der Waals surface area contributed by atoms with Gasteiger partial charge in [0.1, 0.15) is 11.9 Å². The first-order valence-electron chi connectivity index (χ1n) is 8.46. The number of carbonyl (C=O) groups is 1. The van der Waals surface area contributed by atoms with E-state index in [1.54, 1.807) is 30.6 Å². The molecule has 0 aliphatic carbocycles. The van der Waals surface area contributed by atoms with Crippen LogP contribution in [0.2, 0.25) is 10.0 Å². The van der Waals surface area contributed by atoms with Crippen LogP contribution in [-0.2, 0) is 0 Å². The highest BCUT2D eigenvalue weighted by molar-refractivity contribution is 6.42. The maximum Gasteiger partial charge on any atom is 0.254 e. The van der Waals surface area contributed by atoms with E-state index < -0.39 is 0 Å². The quantitative estimate of drug-likeness (QED) is 0.785. The van der Waals surface area contributed by atoms with E-state index in [1.807, 2.05) is 17.0 Å². The van der Waals surface area contributed by atoms with Gasteiger partial charge in [-0.05, 0) is 43.2 Å². The molecule has 3 heterocycles. The summed E-state index contributed by atoms with van der Waals surface area (Å²) < 4.78 is 6.07. The van der Waals surface area contributed by atoms with Gasteiger partial charge in [0.2, 0.25) is 0 Å². The van der Waals surface area contributed by atoms with Crippen LogP contribution in [0.25, 0.3) is 0 Å². The molecule has 4 rings (SSSR count). The molecular weight excluding hydrogens is 359 g/mol. The highest BCUT2D eigenvalue weighted by atomic mass is 35.5. The Kier molecular flexibility index (Phi) is 4.57. The SMILES string of the molecule is O=C(c1ccc(Cl)c(Cl)c1)N1C2CCC1CC(Oc1cccnc1)C2. The summed E-state index contributed by atoms with van der Waals surface area (Å²) >= 11 is 12.0. The molecule has 2 aliphatic rings. The zero-order valence-electron chi connectivity index (χ0n) is 13.6. The van der Waals surface area contributed by atoms with Crippen molar-refractivity contribution in [3.8, 4) is 5.75 Å². The number of benzene rings is 1. The predicted octanol–water partition coefficient (Wildman–Crippen LogP) is 4.60. The van der Waals surface area contributed by atoms with Crippen LogP contribution in [0, 0.1) is 0 Å². The van der Waals surface area contributed by atoms with Gasteiger partial charge in [-0.2, -0.15) is 0 Å². The number of hydrogen-bond acceptors (Lipinski definition) is 3. The van der Waals surface area contributed by atoms with Crippen LogP contribution in [0.15, 0.2) is 42.7 Å². The van der Waals surface area contributed by atoms with Gasteiger partial charge in [0, 0.05) is 36.7 Å². The molecule has 6 heteroatoms. The van der Waals surface area contributed by atoms with Crippen molar-refractivity contribution < 1.29 is 9.53 Å². The molecule has 1 aromatic carbocycles. The van der Waals surface area contributed by atoms with Gasteiger partial charge in [-0.15, -0.1) is 0 Å². The number of nitrogens with zero attached hydrogens (tertiary/aromatic N) is 2. The Bertz CT molecular complexity index is 770. The fraction of sp³-hybridized carbons (Fsp3) is 0.368. The van der Waals surface area contributed by atoms with Gasteiger partial charge >= 0.3 is 0 Å². The van der Waals surface area contributed by atoms with E-state index in [0.29, 0.717) is 15.6 Å². The fourth-order valence-corrected chi connectivity index (χ4v) is 4.24. The van der Waals surface area contributed by atoms with Crippen LogP contribution in [0.4, 0.5) is 0 Å². The minimum Gasteiger partial charge on any atom is -0.489 e. The zero-order valence-corrected chi connectivity index (χ0v) is 15.1. The van der Waals surface area contributed by atoms with Gasteiger partial charge in [-0.25, -0.2) is 0 Å². The molecular formula is C19H18Cl2N2O2. The summed E-state index contributed by atoms with van der Waals surface area (Å²) in [6, 6.07) is 9.29. The van der Waals surface area contributed by atoms with Crippen LogP contribution < -0.4 is 4.74 Å². The summed E-state index contributed by atoms with van der Waals surface area (Å²) in [4.78, 5) is 19.1. The van der Waals surface area contributed by atoms with Gasteiger partial charge in [-0.1, -0.05) is 23.2 Å². The first-order valence-corrected chi connectivity index (χ1v) is 9.22. The molecule has 130 valence electrons. The normalized spacial score (nSPS) is 25.0. The fourth-order valence-electron chi connectivity index (χ4n) is 3.94. The molecule has 2 unspecified atom stereocenters. The number of carbonyl (C=O) groups excluding carboxylic acids is 1. The Labute approximate surface area is 156 Å². The average Bonchev–Trinajstić information content (AvgIpc) is 2.88. The number of aromatic nitrogens is 1. The minimum atomic E-state index is 0.0332. The molecule has 2 aromatic rings. The largest absolute Gasteiger partial charge is 0.489 e. The molecule has 1 aromatic heterocycles. The smallest absolute Gasteiger partial charge is 0.254 e. The first-order chi connectivity index (χ1) is 12.1. The Hall–Kier alpha value is -1.78. The van der Waals surface area contributed by atoms with Gasteiger partial charge in [-0.3, -0.25) is 9.78 Å². The van der Waals surface area contributed by atoms with E-state index in [1.165, 1.54) is 0 Å². The van der Waals surface area contributed by atoms with Crippen molar-refractivity contribution in [2.75, 3.05) is 0 Å². The van der Waals surface area contributed by atoms with Crippen molar-refractivity contribution in [1.82, 2.24) is 9.88 Å². The first kappa shape index (κ1) is 16.7. The number of amides is 1. The van der Waals surface area contributed by atoms with E-state index in [2.05, 4.69) is 4.98 Å². The highest BCUT2D eigenvalue weighted by Gasteiger charge is 2.44. The molecule has 2 atom stereocenters. The number of piperidine rings is 1. The molecule has 4 nitrogen and oxygen atoms in total. The Morgan fingerprint density at radius 3 is 2.52 bits per heavy atom. The molecule has 2 bridgehead atoms. The highest BCUT2D eigenvalue weighted by Crippen LogP contribution is 2.38. The minimum absolute atomic E-state index is 0.0332. The third-order valence-corrected chi connectivity index (χ3v) is 5.77. The van der Waals surface area contributed by atoms with Crippen molar-refractivity contribution in [3.63, 3.8) is 0 Å². The number of ether oxygens (including phenoxy) is 1. The second-order valence-corrected chi connectivity index (χ2v) is 7.44. The maximum atomic E-state index is 13.0. The molecule has 2 aliphatic heterocycles. The van der Waals surface area contributed by atoms with Crippen molar-refractivity contribution in [2.24, 2.45) is 0 Å².